The molecular weight excluding hydrogens is 359 g/mol. The molecule has 0 unspecified atom stereocenters. The number of nitrogens with zero attached hydrogens (tertiary/aromatic N) is 2. The molecule has 0 aliphatic carbocycles. The van der Waals surface area contributed by atoms with Crippen molar-refractivity contribution in [2.24, 2.45) is 5.10 Å². The lowest BCUT2D eigenvalue weighted by Crippen LogP contribution is -2.23. The summed E-state index contributed by atoms with van der Waals surface area (Å²) < 4.78 is 43.8. The molecular formula is C19H20F3N3O2. The predicted molar refractivity (Wildman–Crippen MR) is 95.9 cm³/mol. The van der Waals surface area contributed by atoms with Gasteiger partial charge in [-0.15, -0.1) is 0 Å². The zero-order chi connectivity index (χ0) is 19.3. The summed E-state index contributed by atoms with van der Waals surface area (Å²) in [6.45, 7) is 1.88. The van der Waals surface area contributed by atoms with Crippen molar-refractivity contribution in [2.75, 3.05) is 18.0 Å². The fourth-order valence-corrected chi connectivity index (χ4v) is 2.93. The maximum atomic E-state index is 12.7. The lowest BCUT2D eigenvalue weighted by molar-refractivity contribution is -0.137. The molecule has 1 aliphatic heterocycles. The van der Waals surface area contributed by atoms with Gasteiger partial charge in [-0.1, -0.05) is 18.9 Å². The summed E-state index contributed by atoms with van der Waals surface area (Å²) in [6, 6.07) is 7.76. The fourth-order valence-electron chi connectivity index (χ4n) is 2.93. The first-order chi connectivity index (χ1) is 12.9. The third-order valence-corrected chi connectivity index (χ3v) is 4.34. The molecule has 144 valence electrons. The minimum Gasteiger partial charge on any atom is -0.440 e. The zero-order valence-corrected chi connectivity index (χ0v) is 14.6. The highest BCUT2D eigenvalue weighted by Crippen LogP contribution is 2.29. The predicted octanol–water partition coefficient (Wildman–Crippen LogP) is 4.44. The Morgan fingerprint density at radius 1 is 1.11 bits per heavy atom. The highest BCUT2D eigenvalue weighted by atomic mass is 19.4. The normalized spacial score (nSPS) is 15.7. The number of furan rings is 1. The Kier molecular flexibility index (Phi) is 5.83. The SMILES string of the molecule is O=C(N/N=C\c1ccc(N2CCCCCC2)o1)c1cccc(C(F)(F)F)c1. The second-order valence-corrected chi connectivity index (χ2v) is 6.35. The molecule has 1 amide bonds. The number of nitrogens with one attached hydrogen (secondary N) is 1. The van der Waals surface area contributed by atoms with Crippen molar-refractivity contribution in [3.05, 3.63) is 53.3 Å². The van der Waals surface area contributed by atoms with E-state index in [1.165, 1.54) is 31.2 Å². The van der Waals surface area contributed by atoms with Crippen LogP contribution in [0.2, 0.25) is 0 Å². The van der Waals surface area contributed by atoms with E-state index in [9.17, 15) is 18.0 Å². The highest BCUT2D eigenvalue weighted by molar-refractivity contribution is 5.94. The largest absolute Gasteiger partial charge is 0.440 e. The second-order valence-electron chi connectivity index (χ2n) is 6.35. The molecule has 0 radical (unpaired) electrons. The quantitative estimate of drug-likeness (QED) is 0.631. The van der Waals surface area contributed by atoms with E-state index < -0.39 is 17.6 Å². The third-order valence-electron chi connectivity index (χ3n) is 4.34. The highest BCUT2D eigenvalue weighted by Gasteiger charge is 2.30. The first-order valence-corrected chi connectivity index (χ1v) is 8.79. The van der Waals surface area contributed by atoms with Crippen molar-refractivity contribution in [3.8, 4) is 0 Å². The molecule has 3 rings (SSSR count). The number of hydrogen-bond donors (Lipinski definition) is 1. The fraction of sp³-hybridized carbons (Fsp3) is 0.368. The van der Waals surface area contributed by atoms with Crippen molar-refractivity contribution in [3.63, 3.8) is 0 Å². The summed E-state index contributed by atoms with van der Waals surface area (Å²) in [7, 11) is 0. The Hall–Kier alpha value is -2.77. The average molecular weight is 379 g/mol. The average Bonchev–Trinajstić information content (AvgIpc) is 2.94. The monoisotopic (exact) mass is 379 g/mol. The number of carbonyl (C=O) groups excluding carboxylic acids is 1. The van der Waals surface area contributed by atoms with Crippen LogP contribution in [0, 0.1) is 0 Å². The maximum Gasteiger partial charge on any atom is 0.416 e. The van der Waals surface area contributed by atoms with E-state index in [1.807, 2.05) is 6.07 Å². The summed E-state index contributed by atoms with van der Waals surface area (Å²) in [5.41, 5.74) is 1.21. The van der Waals surface area contributed by atoms with E-state index in [0.717, 1.165) is 43.9 Å². The molecule has 5 nitrogen and oxygen atoms in total. The Balaban J connectivity index is 1.60. The number of carbonyl (C=O) groups is 1. The van der Waals surface area contributed by atoms with Crippen molar-refractivity contribution in [2.45, 2.75) is 31.9 Å². The van der Waals surface area contributed by atoms with Crippen molar-refractivity contribution >= 4 is 18.0 Å². The maximum absolute atomic E-state index is 12.7. The van der Waals surface area contributed by atoms with Gasteiger partial charge in [0, 0.05) is 24.7 Å². The smallest absolute Gasteiger partial charge is 0.416 e. The Bertz CT molecular complexity index is 807. The second kappa shape index (κ2) is 8.28. The van der Waals surface area contributed by atoms with Gasteiger partial charge in [0.2, 0.25) is 0 Å². The van der Waals surface area contributed by atoms with E-state index in [1.54, 1.807) is 6.07 Å². The summed E-state index contributed by atoms with van der Waals surface area (Å²) in [6.07, 6.45) is 1.50. The van der Waals surface area contributed by atoms with Crippen LogP contribution in [0.4, 0.5) is 19.1 Å². The van der Waals surface area contributed by atoms with Gasteiger partial charge in [0.1, 0.15) is 5.76 Å². The number of hydrazone groups is 1. The lowest BCUT2D eigenvalue weighted by Gasteiger charge is -2.18. The van der Waals surface area contributed by atoms with E-state index in [4.69, 9.17) is 4.42 Å². The van der Waals surface area contributed by atoms with Crippen LogP contribution in [-0.2, 0) is 6.18 Å². The van der Waals surface area contributed by atoms with Crippen LogP contribution in [0.1, 0.15) is 47.4 Å². The van der Waals surface area contributed by atoms with Crippen LogP contribution in [0.15, 0.2) is 45.9 Å². The van der Waals surface area contributed by atoms with Gasteiger partial charge in [-0.2, -0.15) is 18.3 Å². The summed E-state index contributed by atoms with van der Waals surface area (Å²) in [5.74, 6) is 0.484. The molecule has 0 saturated carbocycles. The van der Waals surface area contributed by atoms with Crippen LogP contribution in [0.3, 0.4) is 0 Å². The van der Waals surface area contributed by atoms with Gasteiger partial charge in [0.25, 0.3) is 5.91 Å². The van der Waals surface area contributed by atoms with Crippen LogP contribution < -0.4 is 10.3 Å². The van der Waals surface area contributed by atoms with Gasteiger partial charge >= 0.3 is 6.18 Å². The molecule has 8 heteroatoms. The minimum atomic E-state index is -4.50. The first kappa shape index (κ1) is 19.0. The van der Waals surface area contributed by atoms with Crippen LogP contribution in [-0.4, -0.2) is 25.2 Å². The molecule has 1 aromatic carbocycles. The van der Waals surface area contributed by atoms with E-state index in [2.05, 4.69) is 15.4 Å². The van der Waals surface area contributed by atoms with E-state index in [0.29, 0.717) is 5.76 Å². The van der Waals surface area contributed by atoms with Crippen LogP contribution >= 0.6 is 0 Å². The number of alkyl halides is 3. The lowest BCUT2D eigenvalue weighted by atomic mass is 10.1. The molecule has 1 N–H and O–H groups in total. The molecule has 27 heavy (non-hydrogen) atoms. The van der Waals surface area contributed by atoms with Gasteiger partial charge in [0.05, 0.1) is 11.8 Å². The molecule has 1 fully saturated rings. The molecule has 0 bridgehead atoms. The Labute approximate surface area is 154 Å². The molecule has 2 heterocycles. The molecule has 1 saturated heterocycles. The summed E-state index contributed by atoms with van der Waals surface area (Å²) in [5, 5.41) is 3.77. The number of anilines is 1. The number of benzene rings is 1. The van der Waals surface area contributed by atoms with E-state index in [-0.39, 0.29) is 5.56 Å². The number of amides is 1. The topological polar surface area (TPSA) is 57.8 Å². The summed E-state index contributed by atoms with van der Waals surface area (Å²) >= 11 is 0. The van der Waals surface area contributed by atoms with Gasteiger partial charge < -0.3 is 9.32 Å². The van der Waals surface area contributed by atoms with Gasteiger partial charge in [0.15, 0.2) is 5.88 Å². The van der Waals surface area contributed by atoms with Crippen molar-refractivity contribution < 1.29 is 22.4 Å². The number of rotatable bonds is 4. The Morgan fingerprint density at radius 3 is 2.56 bits per heavy atom. The molecule has 2 aromatic rings. The van der Waals surface area contributed by atoms with Crippen molar-refractivity contribution in [1.29, 1.82) is 0 Å². The van der Waals surface area contributed by atoms with Gasteiger partial charge in [-0.3, -0.25) is 4.79 Å². The number of hydrogen-bond acceptors (Lipinski definition) is 4. The molecule has 1 aliphatic rings. The van der Waals surface area contributed by atoms with Gasteiger partial charge in [-0.25, -0.2) is 5.43 Å². The van der Waals surface area contributed by atoms with Crippen LogP contribution in [0.25, 0.3) is 0 Å². The molecule has 0 spiro atoms. The van der Waals surface area contributed by atoms with Crippen LogP contribution in [0.5, 0.6) is 0 Å². The van der Waals surface area contributed by atoms with Crippen molar-refractivity contribution in [1.82, 2.24) is 5.43 Å². The number of halogens is 3. The van der Waals surface area contributed by atoms with E-state index >= 15 is 0 Å². The standard InChI is InChI=1S/C19H20F3N3O2/c20-19(21,22)15-7-5-6-14(12-15)18(26)24-23-13-16-8-9-17(27-16)25-10-3-1-2-4-11-25/h5-9,12-13H,1-4,10-11H2,(H,24,26)/b23-13-. The third kappa shape index (κ3) is 5.12. The first-order valence-electron chi connectivity index (χ1n) is 8.79. The van der Waals surface area contributed by atoms with Gasteiger partial charge in [-0.05, 0) is 37.1 Å². The molecule has 0 atom stereocenters. The molecule has 1 aromatic heterocycles. The zero-order valence-electron chi connectivity index (χ0n) is 14.6. The summed E-state index contributed by atoms with van der Waals surface area (Å²) in [4.78, 5) is 14.1. The Morgan fingerprint density at radius 2 is 1.85 bits per heavy atom. The minimum absolute atomic E-state index is 0.119.